The SMILES string of the molecule is OC(CNC1C2C3CCC(C3)C12)Cn1cccn1. The van der Waals surface area contributed by atoms with E-state index in [-0.39, 0.29) is 6.10 Å². The zero-order valence-electron chi connectivity index (χ0n) is 10.6. The Morgan fingerprint density at radius 3 is 2.78 bits per heavy atom. The van der Waals surface area contributed by atoms with Gasteiger partial charge in [0, 0.05) is 25.0 Å². The number of hydrogen-bond acceptors (Lipinski definition) is 3. The van der Waals surface area contributed by atoms with Crippen molar-refractivity contribution in [1.29, 1.82) is 0 Å². The Bertz CT molecular complexity index is 403. The highest BCUT2D eigenvalue weighted by molar-refractivity contribution is 5.16. The molecule has 3 aliphatic rings. The number of aromatic nitrogens is 2. The summed E-state index contributed by atoms with van der Waals surface area (Å²) < 4.78 is 1.80. The van der Waals surface area contributed by atoms with Crippen molar-refractivity contribution in [2.45, 2.75) is 38.0 Å². The second-order valence-electron chi connectivity index (χ2n) is 6.30. The van der Waals surface area contributed by atoms with Gasteiger partial charge in [0.25, 0.3) is 0 Å². The molecule has 3 aliphatic carbocycles. The van der Waals surface area contributed by atoms with Crippen LogP contribution in [-0.4, -0.2) is 33.6 Å². The molecule has 3 fully saturated rings. The molecule has 2 N–H and O–H groups in total. The van der Waals surface area contributed by atoms with Crippen molar-refractivity contribution in [3.63, 3.8) is 0 Å². The van der Waals surface area contributed by atoms with Crippen LogP contribution in [0.15, 0.2) is 18.5 Å². The minimum atomic E-state index is -0.330. The van der Waals surface area contributed by atoms with Gasteiger partial charge >= 0.3 is 0 Å². The molecule has 0 saturated heterocycles. The normalized spacial score (nSPS) is 41.9. The van der Waals surface area contributed by atoms with Gasteiger partial charge in [-0.15, -0.1) is 0 Å². The predicted molar refractivity (Wildman–Crippen MR) is 67.8 cm³/mol. The Morgan fingerprint density at radius 1 is 1.33 bits per heavy atom. The second kappa shape index (κ2) is 4.07. The maximum absolute atomic E-state index is 9.98. The van der Waals surface area contributed by atoms with E-state index < -0.39 is 0 Å². The highest BCUT2D eigenvalue weighted by atomic mass is 16.3. The monoisotopic (exact) mass is 247 g/mol. The average Bonchev–Trinajstić information content (AvgIpc) is 2.83. The molecule has 5 atom stereocenters. The summed E-state index contributed by atoms with van der Waals surface area (Å²) >= 11 is 0. The van der Waals surface area contributed by atoms with E-state index in [0.29, 0.717) is 19.1 Å². The summed E-state index contributed by atoms with van der Waals surface area (Å²) in [7, 11) is 0. The number of aliphatic hydroxyl groups excluding tert-OH is 1. The van der Waals surface area contributed by atoms with Gasteiger partial charge in [-0.1, -0.05) is 0 Å². The lowest BCUT2D eigenvalue weighted by Crippen LogP contribution is -2.34. The molecule has 18 heavy (non-hydrogen) atoms. The first-order chi connectivity index (χ1) is 8.83. The first-order valence-corrected chi connectivity index (χ1v) is 7.22. The fourth-order valence-electron chi connectivity index (χ4n) is 4.56. The van der Waals surface area contributed by atoms with Crippen LogP contribution in [-0.2, 0) is 6.54 Å². The molecule has 4 nitrogen and oxygen atoms in total. The molecular weight excluding hydrogens is 226 g/mol. The highest BCUT2D eigenvalue weighted by Crippen LogP contribution is 2.65. The maximum atomic E-state index is 9.98. The van der Waals surface area contributed by atoms with Crippen LogP contribution in [0.4, 0.5) is 0 Å². The number of hydrogen-bond donors (Lipinski definition) is 2. The number of nitrogens with zero attached hydrogens (tertiary/aromatic N) is 2. The molecule has 0 spiro atoms. The molecule has 4 heteroatoms. The molecular formula is C14H21N3O. The molecule has 1 aromatic heterocycles. The molecule has 0 aromatic carbocycles. The van der Waals surface area contributed by atoms with Gasteiger partial charge in [0.15, 0.2) is 0 Å². The minimum Gasteiger partial charge on any atom is -0.390 e. The predicted octanol–water partition coefficient (Wildman–Crippen LogP) is 0.878. The number of aliphatic hydroxyl groups is 1. The Hall–Kier alpha value is -0.870. The zero-order valence-corrected chi connectivity index (χ0v) is 10.6. The Labute approximate surface area is 107 Å². The van der Waals surface area contributed by atoms with E-state index >= 15 is 0 Å². The van der Waals surface area contributed by atoms with Crippen LogP contribution in [0.1, 0.15) is 19.3 Å². The lowest BCUT2D eigenvalue weighted by molar-refractivity contribution is 0.144. The zero-order chi connectivity index (χ0) is 12.1. The summed E-state index contributed by atoms with van der Waals surface area (Å²) in [5.41, 5.74) is 0. The van der Waals surface area contributed by atoms with Crippen LogP contribution < -0.4 is 5.32 Å². The van der Waals surface area contributed by atoms with Gasteiger partial charge in [-0.25, -0.2) is 0 Å². The first-order valence-electron chi connectivity index (χ1n) is 7.22. The van der Waals surface area contributed by atoms with E-state index in [0.717, 1.165) is 23.7 Å². The van der Waals surface area contributed by atoms with Crippen LogP contribution >= 0.6 is 0 Å². The summed E-state index contributed by atoms with van der Waals surface area (Å²) in [4.78, 5) is 0. The molecule has 4 rings (SSSR count). The molecule has 1 heterocycles. The third-order valence-corrected chi connectivity index (χ3v) is 5.28. The highest BCUT2D eigenvalue weighted by Gasteiger charge is 2.64. The third kappa shape index (κ3) is 1.70. The molecule has 1 aromatic rings. The Kier molecular flexibility index (Phi) is 2.49. The van der Waals surface area contributed by atoms with Gasteiger partial charge in [-0.3, -0.25) is 4.68 Å². The molecule has 3 saturated carbocycles. The van der Waals surface area contributed by atoms with Crippen molar-refractivity contribution in [3.8, 4) is 0 Å². The van der Waals surface area contributed by atoms with Gasteiger partial charge in [-0.2, -0.15) is 5.10 Å². The molecule has 0 radical (unpaired) electrons. The largest absolute Gasteiger partial charge is 0.390 e. The van der Waals surface area contributed by atoms with Crippen LogP contribution in [0.5, 0.6) is 0 Å². The standard InChI is InChI=1S/C14H21N3O/c18-11(8-17-5-1-4-16-17)7-15-14-12-9-2-3-10(6-9)13(12)14/h1,4-5,9-15,18H,2-3,6-8H2. The Morgan fingerprint density at radius 2 is 2.11 bits per heavy atom. The van der Waals surface area contributed by atoms with Crippen molar-refractivity contribution in [3.05, 3.63) is 18.5 Å². The van der Waals surface area contributed by atoms with Crippen LogP contribution in [0, 0.1) is 23.7 Å². The topological polar surface area (TPSA) is 50.1 Å². The van der Waals surface area contributed by atoms with E-state index in [4.69, 9.17) is 0 Å². The van der Waals surface area contributed by atoms with E-state index in [2.05, 4.69) is 10.4 Å². The van der Waals surface area contributed by atoms with Gasteiger partial charge in [0.1, 0.15) is 0 Å². The van der Waals surface area contributed by atoms with Crippen LogP contribution in [0.25, 0.3) is 0 Å². The molecule has 5 unspecified atom stereocenters. The number of fused-ring (bicyclic) bond motifs is 5. The molecule has 2 bridgehead atoms. The van der Waals surface area contributed by atoms with E-state index in [1.165, 1.54) is 19.3 Å². The summed E-state index contributed by atoms with van der Waals surface area (Å²) in [5, 5.41) is 17.7. The summed E-state index contributed by atoms with van der Waals surface area (Å²) in [6, 6.07) is 2.60. The fraction of sp³-hybridized carbons (Fsp3) is 0.786. The van der Waals surface area contributed by atoms with Crippen molar-refractivity contribution >= 4 is 0 Å². The quantitative estimate of drug-likeness (QED) is 0.812. The number of nitrogens with one attached hydrogen (secondary N) is 1. The van der Waals surface area contributed by atoms with Gasteiger partial charge in [0.05, 0.1) is 12.6 Å². The third-order valence-electron chi connectivity index (χ3n) is 5.28. The lowest BCUT2D eigenvalue weighted by atomic mass is 10.0. The van der Waals surface area contributed by atoms with Crippen molar-refractivity contribution in [2.24, 2.45) is 23.7 Å². The summed E-state index contributed by atoms with van der Waals surface area (Å²) in [6.45, 7) is 1.30. The van der Waals surface area contributed by atoms with E-state index in [1.54, 1.807) is 10.9 Å². The first kappa shape index (κ1) is 11.0. The molecule has 98 valence electrons. The lowest BCUT2D eigenvalue weighted by Gasteiger charge is -2.14. The summed E-state index contributed by atoms with van der Waals surface area (Å²) in [6.07, 6.45) is 7.73. The number of rotatable bonds is 5. The van der Waals surface area contributed by atoms with Crippen molar-refractivity contribution < 1.29 is 5.11 Å². The fourth-order valence-corrected chi connectivity index (χ4v) is 4.56. The van der Waals surface area contributed by atoms with Crippen molar-refractivity contribution in [1.82, 2.24) is 15.1 Å². The van der Waals surface area contributed by atoms with Gasteiger partial charge in [0.2, 0.25) is 0 Å². The van der Waals surface area contributed by atoms with Gasteiger partial charge in [-0.05, 0) is 49.0 Å². The van der Waals surface area contributed by atoms with E-state index in [9.17, 15) is 5.11 Å². The summed E-state index contributed by atoms with van der Waals surface area (Å²) in [5.74, 6) is 3.89. The maximum Gasteiger partial charge on any atom is 0.0860 e. The van der Waals surface area contributed by atoms with Gasteiger partial charge < -0.3 is 10.4 Å². The molecule has 0 amide bonds. The second-order valence-corrected chi connectivity index (χ2v) is 6.30. The van der Waals surface area contributed by atoms with Crippen LogP contribution in [0.3, 0.4) is 0 Å². The molecule has 0 aliphatic heterocycles. The average molecular weight is 247 g/mol. The smallest absolute Gasteiger partial charge is 0.0860 e. The minimum absolute atomic E-state index is 0.330. The van der Waals surface area contributed by atoms with E-state index in [1.807, 2.05) is 12.3 Å². The van der Waals surface area contributed by atoms with Crippen molar-refractivity contribution in [2.75, 3.05) is 6.54 Å². The Balaban J connectivity index is 1.25. The van der Waals surface area contributed by atoms with Crippen LogP contribution in [0.2, 0.25) is 0 Å².